The molecule has 0 radical (unpaired) electrons. The molecule has 0 spiro atoms. The second kappa shape index (κ2) is 18.3. The SMILES string of the molecule is C/C(=C\c1ccc(NCCSSCCNc2ccc(/C=C(\C)c3cccc[n+]3CCO)cc2)cc1)c1cccc[n+]1CCO. The monoisotopic (exact) mass is 628 g/mol. The molecule has 44 heavy (non-hydrogen) atoms. The molecule has 230 valence electrons. The zero-order valence-electron chi connectivity index (χ0n) is 25.7. The van der Waals surface area contributed by atoms with Crippen molar-refractivity contribution in [3.63, 3.8) is 0 Å². The highest BCUT2D eigenvalue weighted by Crippen LogP contribution is 2.22. The lowest BCUT2D eigenvalue weighted by Crippen LogP contribution is -2.38. The fourth-order valence-electron chi connectivity index (χ4n) is 4.91. The summed E-state index contributed by atoms with van der Waals surface area (Å²) in [6.45, 7) is 7.49. The minimum absolute atomic E-state index is 0.125. The van der Waals surface area contributed by atoms with Gasteiger partial charge in [0.15, 0.2) is 25.5 Å². The van der Waals surface area contributed by atoms with Gasteiger partial charge in [0, 0.05) is 71.4 Å². The van der Waals surface area contributed by atoms with E-state index in [-0.39, 0.29) is 13.2 Å². The van der Waals surface area contributed by atoms with Crippen LogP contribution >= 0.6 is 21.6 Å². The van der Waals surface area contributed by atoms with E-state index in [0.29, 0.717) is 13.1 Å². The first-order valence-corrected chi connectivity index (χ1v) is 17.5. The average Bonchev–Trinajstić information content (AvgIpc) is 3.04. The molecule has 0 aliphatic heterocycles. The Morgan fingerprint density at radius 3 is 1.41 bits per heavy atom. The van der Waals surface area contributed by atoms with Gasteiger partial charge >= 0.3 is 0 Å². The van der Waals surface area contributed by atoms with Crippen LogP contribution in [0.3, 0.4) is 0 Å². The van der Waals surface area contributed by atoms with Gasteiger partial charge in [0.2, 0.25) is 11.4 Å². The number of hydrogen-bond acceptors (Lipinski definition) is 6. The minimum Gasteiger partial charge on any atom is -0.390 e. The summed E-state index contributed by atoms with van der Waals surface area (Å²) in [5.74, 6) is 2.06. The Morgan fingerprint density at radius 2 is 1.02 bits per heavy atom. The van der Waals surface area contributed by atoms with Crippen LogP contribution in [0, 0.1) is 0 Å². The van der Waals surface area contributed by atoms with Gasteiger partial charge < -0.3 is 20.8 Å². The molecule has 0 saturated carbocycles. The predicted octanol–water partition coefficient (Wildman–Crippen LogP) is 6.27. The summed E-state index contributed by atoms with van der Waals surface area (Å²) in [7, 11) is 3.79. The molecular weight excluding hydrogens is 585 g/mol. The Balaban J connectivity index is 1.12. The number of aliphatic hydroxyl groups is 2. The number of pyridine rings is 2. The number of nitrogens with zero attached hydrogens (tertiary/aromatic N) is 2. The van der Waals surface area contributed by atoms with Gasteiger partial charge in [-0.15, -0.1) is 0 Å². The fraction of sp³-hybridized carbons (Fsp3) is 0.278. The van der Waals surface area contributed by atoms with Crippen LogP contribution in [0.25, 0.3) is 23.3 Å². The number of benzene rings is 2. The van der Waals surface area contributed by atoms with E-state index in [1.54, 1.807) is 0 Å². The topological polar surface area (TPSA) is 72.3 Å². The van der Waals surface area contributed by atoms with Crippen molar-refractivity contribution in [1.29, 1.82) is 0 Å². The number of aliphatic hydroxyl groups excluding tert-OH is 2. The molecule has 2 aromatic carbocycles. The van der Waals surface area contributed by atoms with E-state index in [0.717, 1.165) is 58.5 Å². The number of aromatic nitrogens is 2. The van der Waals surface area contributed by atoms with Crippen LogP contribution in [0.5, 0.6) is 0 Å². The summed E-state index contributed by atoms with van der Waals surface area (Å²) in [6.07, 6.45) is 8.37. The van der Waals surface area contributed by atoms with Gasteiger partial charge in [-0.25, -0.2) is 0 Å². The maximum absolute atomic E-state index is 9.34. The summed E-state index contributed by atoms with van der Waals surface area (Å²) in [6, 6.07) is 29.3. The van der Waals surface area contributed by atoms with Gasteiger partial charge in [-0.3, -0.25) is 0 Å². The molecule has 2 aromatic heterocycles. The van der Waals surface area contributed by atoms with Crippen molar-refractivity contribution in [2.75, 3.05) is 48.4 Å². The highest BCUT2D eigenvalue weighted by Gasteiger charge is 2.12. The lowest BCUT2D eigenvalue weighted by Gasteiger charge is -2.08. The van der Waals surface area contributed by atoms with E-state index in [1.807, 2.05) is 58.2 Å². The molecular formula is C36H44N4O2S2+2. The van der Waals surface area contributed by atoms with Gasteiger partial charge in [0.25, 0.3) is 0 Å². The summed E-state index contributed by atoms with van der Waals surface area (Å²) < 4.78 is 4.15. The lowest BCUT2D eigenvalue weighted by atomic mass is 10.1. The van der Waals surface area contributed by atoms with E-state index in [4.69, 9.17) is 0 Å². The summed E-state index contributed by atoms with van der Waals surface area (Å²) in [5.41, 5.74) is 9.13. The lowest BCUT2D eigenvalue weighted by molar-refractivity contribution is -0.700. The second-order valence-corrected chi connectivity index (χ2v) is 13.1. The van der Waals surface area contributed by atoms with Crippen molar-refractivity contribution in [3.8, 4) is 0 Å². The van der Waals surface area contributed by atoms with E-state index in [1.165, 1.54) is 11.1 Å². The zero-order chi connectivity index (χ0) is 31.0. The third-order valence-corrected chi connectivity index (χ3v) is 9.48. The number of anilines is 2. The maximum atomic E-state index is 9.34. The Labute approximate surface area is 270 Å². The molecule has 4 N–H and O–H groups in total. The standard InChI is InChI=1S/C36H42N4O2S2/c1-29(35-7-3-5-19-39(35)21-23-41)27-31-9-13-33(14-10-31)37-17-25-43-44-26-18-38-34-15-11-32(12-16-34)28-30(2)36-8-4-6-20-40(36)22-24-42/h3-16,19-20,27-28,41-42H,17-18,21-26H2,1-2H3/p+2. The van der Waals surface area contributed by atoms with Crippen molar-refractivity contribution in [3.05, 3.63) is 120 Å². The number of allylic oxidation sites excluding steroid dienone is 2. The summed E-state index contributed by atoms with van der Waals surface area (Å²) in [4.78, 5) is 0. The summed E-state index contributed by atoms with van der Waals surface area (Å²) >= 11 is 0. The molecule has 4 aromatic rings. The van der Waals surface area contributed by atoms with Crippen LogP contribution in [-0.4, -0.2) is 48.0 Å². The van der Waals surface area contributed by atoms with Gasteiger partial charge in [-0.2, -0.15) is 9.13 Å². The molecule has 0 aliphatic carbocycles. The maximum Gasteiger partial charge on any atom is 0.208 e. The number of nitrogens with one attached hydrogen (secondary N) is 2. The third kappa shape index (κ3) is 10.6. The van der Waals surface area contributed by atoms with Gasteiger partial charge in [0.1, 0.15) is 13.2 Å². The van der Waals surface area contributed by atoms with E-state index >= 15 is 0 Å². The molecule has 4 rings (SSSR count). The van der Waals surface area contributed by atoms with Gasteiger partial charge in [-0.1, -0.05) is 45.9 Å². The number of rotatable bonds is 17. The minimum atomic E-state index is 0.125. The molecule has 0 unspecified atom stereocenters. The molecule has 2 heterocycles. The van der Waals surface area contributed by atoms with Crippen LogP contribution in [0.2, 0.25) is 0 Å². The molecule has 8 heteroatoms. The van der Waals surface area contributed by atoms with Crippen molar-refractivity contribution in [1.82, 2.24) is 0 Å². The predicted molar refractivity (Wildman–Crippen MR) is 189 cm³/mol. The molecule has 0 saturated heterocycles. The van der Waals surface area contributed by atoms with Crippen LogP contribution in [-0.2, 0) is 13.1 Å². The Morgan fingerprint density at radius 1 is 0.614 bits per heavy atom. The average molecular weight is 629 g/mol. The number of hydrogen-bond donors (Lipinski definition) is 4. The molecule has 0 atom stereocenters. The zero-order valence-corrected chi connectivity index (χ0v) is 27.3. The first-order chi connectivity index (χ1) is 21.6. The smallest absolute Gasteiger partial charge is 0.208 e. The molecule has 6 nitrogen and oxygen atoms in total. The Hall–Kier alpha value is -3.56. The highest BCUT2D eigenvalue weighted by molar-refractivity contribution is 8.76. The van der Waals surface area contributed by atoms with Crippen molar-refractivity contribution in [2.24, 2.45) is 0 Å². The first-order valence-electron chi connectivity index (χ1n) is 15.1. The first kappa shape index (κ1) is 33.3. The van der Waals surface area contributed by atoms with Crippen LogP contribution in [0.15, 0.2) is 97.3 Å². The van der Waals surface area contributed by atoms with E-state index in [9.17, 15) is 10.2 Å². The van der Waals surface area contributed by atoms with Gasteiger partial charge in [0.05, 0.1) is 0 Å². The van der Waals surface area contributed by atoms with Crippen LogP contribution in [0.4, 0.5) is 11.4 Å². The quantitative estimate of drug-likeness (QED) is 0.0628. The Kier molecular flexibility index (Phi) is 13.9. The van der Waals surface area contributed by atoms with Crippen LogP contribution < -0.4 is 19.8 Å². The van der Waals surface area contributed by atoms with Crippen molar-refractivity contribution in [2.45, 2.75) is 26.9 Å². The van der Waals surface area contributed by atoms with Crippen molar-refractivity contribution < 1.29 is 19.3 Å². The van der Waals surface area contributed by atoms with E-state index in [2.05, 4.69) is 106 Å². The highest BCUT2D eigenvalue weighted by atomic mass is 33.1. The molecule has 0 bridgehead atoms. The molecule has 0 aliphatic rings. The molecule has 0 amide bonds. The fourth-order valence-corrected chi connectivity index (χ4v) is 6.72. The third-order valence-electron chi connectivity index (χ3n) is 7.07. The van der Waals surface area contributed by atoms with Gasteiger partial charge in [-0.05, 0) is 73.5 Å². The second-order valence-electron chi connectivity index (χ2n) is 10.4. The largest absolute Gasteiger partial charge is 0.390 e. The molecule has 0 fully saturated rings. The van der Waals surface area contributed by atoms with Crippen molar-refractivity contribution >= 4 is 56.3 Å². The Bertz CT molecular complexity index is 1390. The normalized spacial score (nSPS) is 11.9. The van der Waals surface area contributed by atoms with E-state index < -0.39 is 0 Å². The van der Waals surface area contributed by atoms with Crippen LogP contribution in [0.1, 0.15) is 36.4 Å². The summed E-state index contributed by atoms with van der Waals surface area (Å²) in [5, 5.41) is 25.7.